The van der Waals surface area contributed by atoms with Crippen molar-refractivity contribution >= 4 is 38.2 Å². The van der Waals surface area contributed by atoms with Crippen molar-refractivity contribution in [3.8, 4) is 6.07 Å². The lowest BCUT2D eigenvalue weighted by atomic mass is 10.1. The normalized spacial score (nSPS) is 14.6. The molecule has 1 aliphatic heterocycles. The SMILES string of the molecule is CCOC(=O)c1sc(NC(=O)c2ccc(S(=O)(=O)N3CCCCC3)cc2)c(C#N)c1C. The maximum absolute atomic E-state index is 12.7. The number of amides is 1. The summed E-state index contributed by atoms with van der Waals surface area (Å²) in [5.41, 5.74) is 0.889. The molecule has 2 heterocycles. The number of ether oxygens (including phenoxy) is 1. The smallest absolute Gasteiger partial charge is 0.348 e. The van der Waals surface area contributed by atoms with E-state index in [-0.39, 0.29) is 32.5 Å². The highest BCUT2D eigenvalue weighted by molar-refractivity contribution is 7.89. The molecule has 0 aliphatic carbocycles. The summed E-state index contributed by atoms with van der Waals surface area (Å²) >= 11 is 0.976. The summed E-state index contributed by atoms with van der Waals surface area (Å²) in [6, 6.07) is 7.70. The maximum atomic E-state index is 12.7. The van der Waals surface area contributed by atoms with Gasteiger partial charge in [0.1, 0.15) is 15.9 Å². The van der Waals surface area contributed by atoms with E-state index in [1.54, 1.807) is 13.8 Å². The van der Waals surface area contributed by atoms with E-state index in [2.05, 4.69) is 5.32 Å². The Morgan fingerprint density at radius 1 is 1.19 bits per heavy atom. The summed E-state index contributed by atoms with van der Waals surface area (Å²) < 4.78 is 32.0. The molecule has 0 spiro atoms. The number of carbonyl (C=O) groups is 2. The van der Waals surface area contributed by atoms with E-state index in [0.717, 1.165) is 30.6 Å². The zero-order valence-corrected chi connectivity index (χ0v) is 18.9. The molecule has 0 saturated carbocycles. The van der Waals surface area contributed by atoms with Gasteiger partial charge in [0.15, 0.2) is 0 Å². The van der Waals surface area contributed by atoms with Crippen molar-refractivity contribution in [2.45, 2.75) is 38.0 Å². The number of thiophene rings is 1. The molecule has 1 aromatic heterocycles. The highest BCUT2D eigenvalue weighted by atomic mass is 32.2. The van der Waals surface area contributed by atoms with Crippen LogP contribution in [0.3, 0.4) is 0 Å². The molecule has 1 aromatic carbocycles. The predicted octanol–water partition coefficient (Wildman–Crippen LogP) is 3.53. The van der Waals surface area contributed by atoms with Crippen molar-refractivity contribution in [3.63, 3.8) is 0 Å². The van der Waals surface area contributed by atoms with Crippen LogP contribution in [-0.2, 0) is 14.8 Å². The number of piperidine rings is 1. The standard InChI is InChI=1S/C21H23N3O5S2/c1-3-29-21(26)18-14(2)17(13-22)20(30-18)23-19(25)15-7-9-16(10-8-15)31(27,28)24-11-5-4-6-12-24/h7-10H,3-6,11-12H2,1-2H3,(H,23,25). The van der Waals surface area contributed by atoms with Gasteiger partial charge in [-0.15, -0.1) is 11.3 Å². The van der Waals surface area contributed by atoms with Crippen LogP contribution in [0.25, 0.3) is 0 Å². The van der Waals surface area contributed by atoms with Gasteiger partial charge in [-0.2, -0.15) is 9.57 Å². The monoisotopic (exact) mass is 461 g/mol. The van der Waals surface area contributed by atoms with E-state index < -0.39 is 21.9 Å². The Balaban J connectivity index is 1.79. The Morgan fingerprint density at radius 2 is 1.84 bits per heavy atom. The number of benzene rings is 1. The molecule has 1 saturated heterocycles. The number of nitriles is 1. The summed E-state index contributed by atoms with van der Waals surface area (Å²) in [5.74, 6) is -1.05. The third kappa shape index (κ3) is 4.79. The largest absolute Gasteiger partial charge is 0.462 e. The quantitative estimate of drug-likeness (QED) is 0.658. The zero-order chi connectivity index (χ0) is 22.6. The van der Waals surface area contributed by atoms with Gasteiger partial charge in [-0.05, 0) is 56.5 Å². The fourth-order valence-electron chi connectivity index (χ4n) is 3.34. The zero-order valence-electron chi connectivity index (χ0n) is 17.3. The van der Waals surface area contributed by atoms with Crippen LogP contribution in [0.1, 0.15) is 57.3 Å². The van der Waals surface area contributed by atoms with Gasteiger partial charge < -0.3 is 10.1 Å². The van der Waals surface area contributed by atoms with E-state index in [1.165, 1.54) is 28.6 Å². The molecule has 1 aliphatic rings. The maximum Gasteiger partial charge on any atom is 0.348 e. The highest BCUT2D eigenvalue weighted by Crippen LogP contribution is 2.33. The lowest BCUT2D eigenvalue weighted by molar-refractivity contribution is 0.0531. The van der Waals surface area contributed by atoms with E-state index in [0.29, 0.717) is 18.7 Å². The number of rotatable bonds is 6. The predicted molar refractivity (Wildman–Crippen MR) is 117 cm³/mol. The summed E-state index contributed by atoms with van der Waals surface area (Å²) in [6.45, 7) is 4.51. The Labute approximate surface area is 185 Å². The summed E-state index contributed by atoms with van der Waals surface area (Å²) in [7, 11) is -3.58. The number of nitrogens with zero attached hydrogens (tertiary/aromatic N) is 2. The molecule has 2 aromatic rings. The van der Waals surface area contributed by atoms with E-state index in [1.807, 2.05) is 6.07 Å². The molecular weight excluding hydrogens is 438 g/mol. The van der Waals surface area contributed by atoms with Crippen molar-refractivity contribution in [2.75, 3.05) is 25.0 Å². The van der Waals surface area contributed by atoms with Gasteiger partial charge in [0.05, 0.1) is 17.1 Å². The first-order valence-corrected chi connectivity index (χ1v) is 12.2. The molecule has 1 fully saturated rings. The topological polar surface area (TPSA) is 117 Å². The second kappa shape index (κ2) is 9.60. The van der Waals surface area contributed by atoms with Gasteiger partial charge in [0.25, 0.3) is 5.91 Å². The number of hydrogen-bond acceptors (Lipinski definition) is 7. The molecule has 3 rings (SSSR count). The first-order valence-electron chi connectivity index (χ1n) is 9.91. The van der Waals surface area contributed by atoms with Crippen LogP contribution in [0.4, 0.5) is 5.00 Å². The van der Waals surface area contributed by atoms with Crippen LogP contribution in [0.15, 0.2) is 29.2 Å². The second-order valence-electron chi connectivity index (χ2n) is 7.04. The first-order chi connectivity index (χ1) is 14.8. The second-order valence-corrected chi connectivity index (χ2v) is 9.99. The number of hydrogen-bond donors (Lipinski definition) is 1. The average molecular weight is 462 g/mol. The van der Waals surface area contributed by atoms with E-state index in [4.69, 9.17) is 4.74 Å². The minimum absolute atomic E-state index is 0.139. The van der Waals surface area contributed by atoms with Crippen molar-refractivity contribution < 1.29 is 22.7 Å². The molecule has 0 radical (unpaired) electrons. The molecule has 8 nitrogen and oxygen atoms in total. The molecular formula is C21H23N3O5S2. The molecule has 1 amide bonds. The van der Waals surface area contributed by atoms with E-state index in [9.17, 15) is 23.3 Å². The van der Waals surface area contributed by atoms with Crippen LogP contribution >= 0.6 is 11.3 Å². The molecule has 1 N–H and O–H groups in total. The third-order valence-corrected chi connectivity index (χ3v) is 8.12. The Bertz CT molecular complexity index is 1130. The number of carbonyl (C=O) groups excluding carboxylic acids is 2. The van der Waals surface area contributed by atoms with Crippen molar-refractivity contribution in [1.29, 1.82) is 5.26 Å². The molecule has 0 unspecified atom stereocenters. The van der Waals surface area contributed by atoms with Crippen LogP contribution in [0.5, 0.6) is 0 Å². The molecule has 164 valence electrons. The summed E-state index contributed by atoms with van der Waals surface area (Å²) in [6.07, 6.45) is 2.71. The minimum atomic E-state index is -3.58. The van der Waals surface area contributed by atoms with Gasteiger partial charge in [-0.25, -0.2) is 13.2 Å². The van der Waals surface area contributed by atoms with Crippen molar-refractivity contribution in [1.82, 2.24) is 4.31 Å². The number of nitrogens with one attached hydrogen (secondary N) is 1. The summed E-state index contributed by atoms with van der Waals surface area (Å²) in [4.78, 5) is 25.1. The fourth-order valence-corrected chi connectivity index (χ4v) is 5.90. The molecule has 0 bridgehead atoms. The molecule has 31 heavy (non-hydrogen) atoms. The summed E-state index contributed by atoms with van der Waals surface area (Å²) in [5, 5.41) is 12.3. The van der Waals surface area contributed by atoms with Crippen LogP contribution < -0.4 is 5.32 Å². The fraction of sp³-hybridized carbons (Fsp3) is 0.381. The van der Waals surface area contributed by atoms with Gasteiger partial charge >= 0.3 is 5.97 Å². The minimum Gasteiger partial charge on any atom is -0.462 e. The Hall–Kier alpha value is -2.74. The lowest BCUT2D eigenvalue weighted by Crippen LogP contribution is -2.35. The Morgan fingerprint density at radius 3 is 2.42 bits per heavy atom. The van der Waals surface area contributed by atoms with Gasteiger partial charge in [0, 0.05) is 18.7 Å². The average Bonchev–Trinajstić information content (AvgIpc) is 3.09. The van der Waals surface area contributed by atoms with Crippen molar-refractivity contribution in [3.05, 3.63) is 45.8 Å². The van der Waals surface area contributed by atoms with Gasteiger partial charge in [-0.3, -0.25) is 4.79 Å². The van der Waals surface area contributed by atoms with E-state index >= 15 is 0 Å². The van der Waals surface area contributed by atoms with Crippen LogP contribution in [-0.4, -0.2) is 44.3 Å². The first kappa shape index (κ1) is 22.9. The third-order valence-electron chi connectivity index (χ3n) is 5.02. The Kier molecular flexibility index (Phi) is 7.10. The van der Waals surface area contributed by atoms with Crippen molar-refractivity contribution in [2.24, 2.45) is 0 Å². The lowest BCUT2D eigenvalue weighted by Gasteiger charge is -2.25. The number of anilines is 1. The van der Waals surface area contributed by atoms with Gasteiger partial charge in [-0.1, -0.05) is 6.42 Å². The number of esters is 1. The van der Waals surface area contributed by atoms with Crippen LogP contribution in [0, 0.1) is 18.3 Å². The molecule has 10 heteroatoms. The number of sulfonamides is 1. The molecule has 0 atom stereocenters. The highest BCUT2D eigenvalue weighted by Gasteiger charge is 2.26. The van der Waals surface area contributed by atoms with Crippen LogP contribution in [0.2, 0.25) is 0 Å². The van der Waals surface area contributed by atoms with Gasteiger partial charge in [0.2, 0.25) is 10.0 Å².